The lowest BCUT2D eigenvalue weighted by Gasteiger charge is -2.20. The maximum atomic E-state index is 13.6. The maximum absolute atomic E-state index is 13.6. The first-order chi connectivity index (χ1) is 20.2. The summed E-state index contributed by atoms with van der Waals surface area (Å²) >= 11 is 31.1. The standard InChI is InChI=1S/C28H22Cl5F3N4O4/c1-26(2,3)44-25(43)40-20-9-13(28(34,35)36)8-19(38-20)39-23(41)17-11-16(4-5-18(17)31)37-24(42)22-21(27(22,32)33)12-6-14(29)10-15(30)7-12/h4-11,21-22H,1-3H3,(H,37,42)(H2,38,39,40,41,43)/t21-,22+/m0/s1. The molecule has 2 atom stereocenters. The van der Waals surface area contributed by atoms with E-state index >= 15 is 0 Å². The number of alkyl halides is 5. The van der Waals surface area contributed by atoms with Gasteiger partial charge < -0.3 is 15.4 Å². The molecule has 1 fully saturated rings. The monoisotopic (exact) mass is 710 g/mol. The van der Waals surface area contributed by atoms with Gasteiger partial charge in [-0.1, -0.05) is 34.8 Å². The maximum Gasteiger partial charge on any atom is 0.416 e. The van der Waals surface area contributed by atoms with Gasteiger partial charge >= 0.3 is 12.3 Å². The number of benzene rings is 2. The number of amides is 3. The second kappa shape index (κ2) is 12.4. The number of carbonyl (C=O) groups is 3. The van der Waals surface area contributed by atoms with Crippen molar-refractivity contribution in [3.63, 3.8) is 0 Å². The predicted octanol–water partition coefficient (Wildman–Crippen LogP) is 9.19. The van der Waals surface area contributed by atoms with Crippen LogP contribution < -0.4 is 16.0 Å². The molecule has 1 aliphatic carbocycles. The molecular formula is C28H22Cl5F3N4O4. The van der Waals surface area contributed by atoms with Crippen LogP contribution in [0.5, 0.6) is 0 Å². The number of pyridine rings is 1. The summed E-state index contributed by atoms with van der Waals surface area (Å²) in [5.74, 6) is -4.14. The predicted molar refractivity (Wildman–Crippen MR) is 164 cm³/mol. The second-order valence-corrected chi connectivity index (χ2v) is 13.4. The molecule has 0 spiro atoms. The van der Waals surface area contributed by atoms with Gasteiger partial charge in [0.1, 0.15) is 21.6 Å². The molecule has 0 bridgehead atoms. The quantitative estimate of drug-likeness (QED) is 0.221. The summed E-state index contributed by atoms with van der Waals surface area (Å²) in [6, 6.07) is 9.77. The molecule has 3 aromatic rings. The highest BCUT2D eigenvalue weighted by Crippen LogP contribution is 2.65. The third-order valence-electron chi connectivity index (χ3n) is 6.08. The fourth-order valence-corrected chi connectivity index (χ4v) is 5.81. The van der Waals surface area contributed by atoms with Gasteiger partial charge in [-0.2, -0.15) is 13.2 Å². The lowest BCUT2D eigenvalue weighted by atomic mass is 10.1. The van der Waals surface area contributed by atoms with Crippen molar-refractivity contribution < 1.29 is 32.3 Å². The fourth-order valence-electron chi connectivity index (χ4n) is 4.23. The van der Waals surface area contributed by atoms with Crippen LogP contribution in [0.25, 0.3) is 0 Å². The van der Waals surface area contributed by atoms with Crippen molar-refractivity contribution >= 4 is 93.2 Å². The molecule has 3 amide bonds. The van der Waals surface area contributed by atoms with E-state index in [-0.39, 0.29) is 16.3 Å². The zero-order valence-corrected chi connectivity index (χ0v) is 26.7. The molecule has 234 valence electrons. The molecule has 0 unspecified atom stereocenters. The fraction of sp³-hybridized carbons (Fsp3) is 0.286. The Kier molecular flexibility index (Phi) is 9.59. The Balaban J connectivity index is 1.53. The van der Waals surface area contributed by atoms with Crippen LogP contribution in [-0.2, 0) is 15.7 Å². The number of nitrogens with zero attached hydrogens (tertiary/aromatic N) is 1. The molecule has 1 aromatic heterocycles. The van der Waals surface area contributed by atoms with Gasteiger partial charge in [-0.3, -0.25) is 14.9 Å². The van der Waals surface area contributed by atoms with E-state index in [0.29, 0.717) is 27.7 Å². The van der Waals surface area contributed by atoms with E-state index in [4.69, 9.17) is 62.7 Å². The van der Waals surface area contributed by atoms with Gasteiger partial charge in [0.2, 0.25) is 5.91 Å². The topological polar surface area (TPSA) is 109 Å². The van der Waals surface area contributed by atoms with Crippen molar-refractivity contribution in [2.45, 2.75) is 42.8 Å². The summed E-state index contributed by atoms with van der Waals surface area (Å²) in [5.41, 5.74) is -1.67. The first-order valence-corrected chi connectivity index (χ1v) is 14.5. The van der Waals surface area contributed by atoms with Gasteiger partial charge in [0.25, 0.3) is 5.91 Å². The Labute approximate surface area is 274 Å². The van der Waals surface area contributed by atoms with Crippen LogP contribution in [-0.4, -0.2) is 32.8 Å². The summed E-state index contributed by atoms with van der Waals surface area (Å²) in [7, 11) is 0. The zero-order chi connectivity index (χ0) is 32.8. The van der Waals surface area contributed by atoms with Crippen LogP contribution in [0.4, 0.5) is 35.3 Å². The van der Waals surface area contributed by atoms with Crippen molar-refractivity contribution in [2.24, 2.45) is 5.92 Å². The number of hydrogen-bond donors (Lipinski definition) is 3. The average molecular weight is 713 g/mol. The Morgan fingerprint density at radius 2 is 1.45 bits per heavy atom. The smallest absolute Gasteiger partial charge is 0.416 e. The zero-order valence-electron chi connectivity index (χ0n) is 22.9. The third-order valence-corrected chi connectivity index (χ3v) is 7.79. The molecule has 8 nitrogen and oxygen atoms in total. The van der Waals surface area contributed by atoms with Crippen molar-refractivity contribution in [2.75, 3.05) is 16.0 Å². The third kappa shape index (κ3) is 8.19. The number of rotatable bonds is 6. The first kappa shape index (κ1) is 33.9. The van der Waals surface area contributed by atoms with Crippen molar-refractivity contribution in [1.29, 1.82) is 0 Å². The highest BCUT2D eigenvalue weighted by atomic mass is 35.5. The number of halogens is 8. The summed E-state index contributed by atoms with van der Waals surface area (Å²) in [5, 5.41) is 7.55. The summed E-state index contributed by atoms with van der Waals surface area (Å²) in [4.78, 5) is 42.2. The normalized spacial score (nSPS) is 17.4. The van der Waals surface area contributed by atoms with Gasteiger partial charge in [0.05, 0.1) is 22.1 Å². The minimum Gasteiger partial charge on any atom is -0.444 e. The lowest BCUT2D eigenvalue weighted by molar-refractivity contribution is -0.137. The Morgan fingerprint density at radius 3 is 2.02 bits per heavy atom. The molecule has 1 aliphatic rings. The summed E-state index contributed by atoms with van der Waals surface area (Å²) in [6.45, 7) is 4.70. The van der Waals surface area contributed by atoms with Gasteiger partial charge in [0.15, 0.2) is 0 Å². The molecule has 3 N–H and O–H groups in total. The molecule has 0 saturated heterocycles. The Bertz CT molecular complexity index is 1630. The van der Waals surface area contributed by atoms with Gasteiger partial charge in [-0.15, -0.1) is 23.2 Å². The van der Waals surface area contributed by atoms with Crippen LogP contribution in [0.1, 0.15) is 48.2 Å². The van der Waals surface area contributed by atoms with Crippen molar-refractivity contribution in [1.82, 2.24) is 4.98 Å². The van der Waals surface area contributed by atoms with Crippen LogP contribution in [0.3, 0.4) is 0 Å². The molecule has 16 heteroatoms. The van der Waals surface area contributed by atoms with Crippen LogP contribution in [0.2, 0.25) is 15.1 Å². The van der Waals surface area contributed by atoms with E-state index < -0.39 is 63.1 Å². The van der Waals surface area contributed by atoms with Crippen LogP contribution in [0, 0.1) is 5.92 Å². The Hall–Kier alpha value is -2.96. The molecule has 1 saturated carbocycles. The van der Waals surface area contributed by atoms with Crippen molar-refractivity contribution in [3.8, 4) is 0 Å². The molecule has 4 rings (SSSR count). The molecule has 0 aliphatic heterocycles. The first-order valence-electron chi connectivity index (χ1n) is 12.6. The molecule has 0 radical (unpaired) electrons. The van der Waals surface area contributed by atoms with Gasteiger partial charge in [-0.25, -0.2) is 9.78 Å². The molecular weight excluding hydrogens is 691 g/mol. The van der Waals surface area contributed by atoms with E-state index in [1.807, 2.05) is 0 Å². The number of ether oxygens (including phenoxy) is 1. The number of anilines is 3. The Morgan fingerprint density at radius 1 is 0.864 bits per heavy atom. The van der Waals surface area contributed by atoms with E-state index in [1.54, 1.807) is 32.9 Å². The lowest BCUT2D eigenvalue weighted by Crippen LogP contribution is -2.27. The minimum atomic E-state index is -4.84. The largest absolute Gasteiger partial charge is 0.444 e. The number of hydrogen-bond acceptors (Lipinski definition) is 5. The summed E-state index contributed by atoms with van der Waals surface area (Å²) < 4.78 is 44.3. The van der Waals surface area contributed by atoms with E-state index in [0.717, 1.165) is 0 Å². The SMILES string of the molecule is CC(C)(C)OC(=O)Nc1cc(C(F)(F)F)cc(NC(=O)c2cc(NC(=O)[C@H]3[C@H](c4cc(Cl)cc(Cl)c4)C3(Cl)Cl)ccc2Cl)n1. The molecule has 2 aromatic carbocycles. The molecule has 44 heavy (non-hydrogen) atoms. The van der Waals surface area contributed by atoms with E-state index in [2.05, 4.69) is 20.9 Å². The highest BCUT2D eigenvalue weighted by Gasteiger charge is 2.67. The minimum absolute atomic E-state index is 0.0820. The number of nitrogens with one attached hydrogen (secondary N) is 3. The van der Waals surface area contributed by atoms with Crippen LogP contribution >= 0.6 is 58.0 Å². The summed E-state index contributed by atoms with van der Waals surface area (Å²) in [6.07, 6.45) is -5.89. The van der Waals surface area contributed by atoms with Gasteiger partial charge in [0, 0.05) is 21.7 Å². The highest BCUT2D eigenvalue weighted by molar-refractivity contribution is 6.53. The average Bonchev–Trinajstić information content (AvgIpc) is 3.44. The van der Waals surface area contributed by atoms with E-state index in [1.165, 1.54) is 24.3 Å². The second-order valence-electron chi connectivity index (χ2n) is 10.7. The number of carbonyl (C=O) groups excluding carboxylic acids is 3. The van der Waals surface area contributed by atoms with Crippen LogP contribution in [0.15, 0.2) is 48.5 Å². The van der Waals surface area contributed by atoms with Crippen molar-refractivity contribution in [3.05, 3.63) is 80.3 Å². The van der Waals surface area contributed by atoms with E-state index in [9.17, 15) is 27.6 Å². The van der Waals surface area contributed by atoms with Gasteiger partial charge in [-0.05, 0) is 74.9 Å². The molecule has 1 heterocycles. The number of aromatic nitrogens is 1.